The first-order chi connectivity index (χ1) is 13.1. The quantitative estimate of drug-likeness (QED) is 0.680. The summed E-state index contributed by atoms with van der Waals surface area (Å²) in [5.41, 5.74) is 2.21. The number of hydrogen-bond donors (Lipinski definition) is 1. The molecule has 1 amide bonds. The van der Waals surface area contributed by atoms with E-state index in [1.54, 1.807) is 18.2 Å². The van der Waals surface area contributed by atoms with E-state index in [0.29, 0.717) is 34.1 Å². The van der Waals surface area contributed by atoms with Crippen LogP contribution in [0.1, 0.15) is 23.2 Å². The smallest absolute Gasteiger partial charge is 0.298 e. The van der Waals surface area contributed by atoms with Gasteiger partial charge < -0.3 is 14.6 Å². The molecule has 0 spiro atoms. The Morgan fingerprint density at radius 1 is 1.15 bits per heavy atom. The lowest BCUT2D eigenvalue weighted by molar-refractivity contribution is 0.0945. The van der Waals surface area contributed by atoms with Crippen molar-refractivity contribution in [3.63, 3.8) is 0 Å². The topological polar surface area (TPSA) is 58.4 Å². The third kappa shape index (κ3) is 4.04. The van der Waals surface area contributed by atoms with Gasteiger partial charge in [-0.1, -0.05) is 35.3 Å². The molecule has 4 rings (SSSR count). The summed E-state index contributed by atoms with van der Waals surface area (Å²) in [5, 5.41) is 3.82. The fraction of sp³-hybridized carbons (Fsp3) is 0.300. The summed E-state index contributed by atoms with van der Waals surface area (Å²) in [5.74, 6) is 0.298. The number of nitrogens with one attached hydrogen (secondary N) is 1. The van der Waals surface area contributed by atoms with Gasteiger partial charge in [0, 0.05) is 25.2 Å². The second-order valence-electron chi connectivity index (χ2n) is 6.73. The van der Waals surface area contributed by atoms with Crippen molar-refractivity contribution in [2.75, 3.05) is 24.5 Å². The average Bonchev–Trinajstić information content (AvgIpc) is 3.13. The lowest BCUT2D eigenvalue weighted by Gasteiger charge is -2.30. The summed E-state index contributed by atoms with van der Waals surface area (Å²) in [6.07, 6.45) is 1.95. The molecule has 3 aromatic rings. The van der Waals surface area contributed by atoms with Crippen LogP contribution in [-0.4, -0.2) is 30.5 Å². The van der Waals surface area contributed by atoms with E-state index in [1.807, 2.05) is 24.3 Å². The molecule has 0 radical (unpaired) electrons. The van der Waals surface area contributed by atoms with Crippen molar-refractivity contribution in [3.05, 3.63) is 58.1 Å². The van der Waals surface area contributed by atoms with Crippen LogP contribution in [-0.2, 0) is 0 Å². The number of benzene rings is 2. The molecule has 5 nitrogen and oxygen atoms in total. The summed E-state index contributed by atoms with van der Waals surface area (Å²) in [7, 11) is 0. The normalized spacial score (nSPS) is 15.3. The molecule has 27 heavy (non-hydrogen) atoms. The molecule has 1 saturated heterocycles. The number of nitrogens with zero attached hydrogens (tertiary/aromatic N) is 2. The number of fused-ring (bicyclic) bond motifs is 1. The molecule has 0 atom stereocenters. The zero-order valence-corrected chi connectivity index (χ0v) is 16.1. The number of carbonyl (C=O) groups is 1. The minimum atomic E-state index is -0.130. The molecule has 7 heteroatoms. The largest absolute Gasteiger partial charge is 0.423 e. The van der Waals surface area contributed by atoms with Crippen molar-refractivity contribution >= 4 is 46.2 Å². The van der Waals surface area contributed by atoms with Gasteiger partial charge in [-0.05, 0) is 49.1 Å². The molecule has 0 bridgehead atoms. The van der Waals surface area contributed by atoms with E-state index in [0.717, 1.165) is 37.0 Å². The Morgan fingerprint density at radius 2 is 1.93 bits per heavy atom. The molecule has 1 aliphatic rings. The average molecular weight is 404 g/mol. The van der Waals surface area contributed by atoms with Gasteiger partial charge in [0.05, 0.1) is 10.0 Å². The van der Waals surface area contributed by atoms with Crippen molar-refractivity contribution in [2.45, 2.75) is 12.8 Å². The molecule has 1 fully saturated rings. The van der Waals surface area contributed by atoms with E-state index in [1.165, 1.54) is 0 Å². The van der Waals surface area contributed by atoms with Crippen LogP contribution < -0.4 is 10.2 Å². The van der Waals surface area contributed by atoms with Crippen LogP contribution in [0, 0.1) is 5.92 Å². The van der Waals surface area contributed by atoms with E-state index < -0.39 is 0 Å². The second-order valence-corrected chi connectivity index (χ2v) is 7.55. The van der Waals surface area contributed by atoms with E-state index in [2.05, 4.69) is 15.2 Å². The summed E-state index contributed by atoms with van der Waals surface area (Å²) in [6.45, 7) is 2.36. The number of rotatable bonds is 4. The summed E-state index contributed by atoms with van der Waals surface area (Å²) >= 11 is 11.9. The first kappa shape index (κ1) is 18.1. The number of oxazole rings is 1. The maximum Gasteiger partial charge on any atom is 0.298 e. The molecule has 1 aliphatic heterocycles. The second kappa shape index (κ2) is 7.79. The Kier molecular flexibility index (Phi) is 5.23. The van der Waals surface area contributed by atoms with Gasteiger partial charge in [0.2, 0.25) is 0 Å². The number of piperidine rings is 1. The molecule has 2 aromatic carbocycles. The van der Waals surface area contributed by atoms with Crippen molar-refractivity contribution in [1.82, 2.24) is 10.3 Å². The van der Waals surface area contributed by atoms with Crippen molar-refractivity contribution in [1.29, 1.82) is 0 Å². The monoisotopic (exact) mass is 403 g/mol. The van der Waals surface area contributed by atoms with E-state index >= 15 is 0 Å². The number of anilines is 1. The molecule has 140 valence electrons. The summed E-state index contributed by atoms with van der Waals surface area (Å²) in [4.78, 5) is 19.0. The number of aromatic nitrogens is 1. The van der Waals surface area contributed by atoms with E-state index in [-0.39, 0.29) is 5.91 Å². The highest BCUT2D eigenvalue weighted by atomic mass is 35.5. The molecule has 0 saturated carbocycles. The van der Waals surface area contributed by atoms with Crippen LogP contribution >= 0.6 is 23.2 Å². The molecule has 1 aromatic heterocycles. The van der Waals surface area contributed by atoms with Crippen LogP contribution in [0.4, 0.5) is 6.01 Å². The van der Waals surface area contributed by atoms with E-state index in [9.17, 15) is 4.79 Å². The number of hydrogen-bond acceptors (Lipinski definition) is 4. The van der Waals surface area contributed by atoms with Gasteiger partial charge in [-0.2, -0.15) is 4.98 Å². The molecule has 2 heterocycles. The number of para-hydroxylation sites is 2. The van der Waals surface area contributed by atoms with Gasteiger partial charge in [0.25, 0.3) is 11.9 Å². The standard InChI is InChI=1S/C20H19Cl2N3O2/c21-15-6-5-14(11-16(15)22)19(26)23-12-13-7-9-25(10-8-13)20-24-17-3-1-2-4-18(17)27-20/h1-6,11,13H,7-10,12H2,(H,23,26). The third-order valence-electron chi connectivity index (χ3n) is 4.90. The Morgan fingerprint density at radius 3 is 2.67 bits per heavy atom. The highest BCUT2D eigenvalue weighted by Gasteiger charge is 2.23. The Balaban J connectivity index is 1.30. The summed E-state index contributed by atoms with van der Waals surface area (Å²) in [6, 6.07) is 13.4. The lowest BCUT2D eigenvalue weighted by Crippen LogP contribution is -2.38. The number of halogens is 2. The third-order valence-corrected chi connectivity index (χ3v) is 5.64. The highest BCUT2D eigenvalue weighted by Crippen LogP contribution is 2.26. The molecular formula is C20H19Cl2N3O2. The number of carbonyl (C=O) groups excluding carboxylic acids is 1. The minimum absolute atomic E-state index is 0.130. The Labute approximate surface area is 167 Å². The lowest BCUT2D eigenvalue weighted by atomic mass is 9.97. The minimum Gasteiger partial charge on any atom is -0.423 e. The maximum absolute atomic E-state index is 12.3. The van der Waals surface area contributed by atoms with Crippen molar-refractivity contribution in [3.8, 4) is 0 Å². The predicted molar refractivity (Wildman–Crippen MR) is 108 cm³/mol. The Bertz CT molecular complexity index is 932. The van der Waals surface area contributed by atoms with Crippen molar-refractivity contribution in [2.24, 2.45) is 5.92 Å². The van der Waals surface area contributed by atoms with Crippen LogP contribution in [0.15, 0.2) is 46.9 Å². The van der Waals surface area contributed by atoms with Crippen LogP contribution in [0.2, 0.25) is 10.0 Å². The fourth-order valence-corrected chi connectivity index (χ4v) is 3.60. The SMILES string of the molecule is O=C(NCC1CCN(c2nc3ccccc3o2)CC1)c1ccc(Cl)c(Cl)c1. The first-order valence-corrected chi connectivity index (χ1v) is 9.69. The van der Waals surface area contributed by atoms with Gasteiger partial charge in [-0.25, -0.2) is 0 Å². The van der Waals surface area contributed by atoms with Crippen LogP contribution in [0.3, 0.4) is 0 Å². The summed E-state index contributed by atoms with van der Waals surface area (Å²) < 4.78 is 5.84. The van der Waals surface area contributed by atoms with Crippen LogP contribution in [0.5, 0.6) is 0 Å². The van der Waals surface area contributed by atoms with Crippen LogP contribution in [0.25, 0.3) is 11.1 Å². The van der Waals surface area contributed by atoms with Gasteiger partial charge in [-0.3, -0.25) is 4.79 Å². The first-order valence-electron chi connectivity index (χ1n) is 8.94. The molecule has 1 N–H and O–H groups in total. The van der Waals surface area contributed by atoms with Gasteiger partial charge in [-0.15, -0.1) is 0 Å². The fourth-order valence-electron chi connectivity index (χ4n) is 3.30. The predicted octanol–water partition coefficient (Wildman–Crippen LogP) is 4.78. The molecule has 0 aliphatic carbocycles. The van der Waals surface area contributed by atoms with Gasteiger partial charge in [0.1, 0.15) is 5.52 Å². The van der Waals surface area contributed by atoms with Crippen molar-refractivity contribution < 1.29 is 9.21 Å². The highest BCUT2D eigenvalue weighted by molar-refractivity contribution is 6.42. The maximum atomic E-state index is 12.3. The molecule has 0 unspecified atom stereocenters. The number of amides is 1. The van der Waals surface area contributed by atoms with Gasteiger partial charge >= 0.3 is 0 Å². The van der Waals surface area contributed by atoms with Gasteiger partial charge in [0.15, 0.2) is 5.58 Å². The zero-order valence-electron chi connectivity index (χ0n) is 14.6. The van der Waals surface area contributed by atoms with E-state index in [4.69, 9.17) is 27.6 Å². The zero-order chi connectivity index (χ0) is 18.8. The Hall–Kier alpha value is -2.24. The molecular weight excluding hydrogens is 385 g/mol.